The van der Waals surface area contributed by atoms with Gasteiger partial charge in [-0.1, -0.05) is 110 Å². The molecule has 1 unspecified atom stereocenters. The Kier molecular flexibility index (Phi) is 26.9. The number of nitrogens with two attached hydrogens (primary N) is 1. The van der Waals surface area contributed by atoms with Crippen molar-refractivity contribution in [3.05, 3.63) is 0 Å². The molecule has 0 aromatic carbocycles. The Morgan fingerprint density at radius 2 is 1.04 bits per heavy atom. The molecular weight excluding hydrogens is 336 g/mol. The van der Waals surface area contributed by atoms with Gasteiger partial charge in [-0.15, -0.1) is 0 Å². The Morgan fingerprint density at radius 3 is 1.33 bits per heavy atom. The smallest absolute Gasteiger partial charge is 0.300 e. The highest BCUT2D eigenvalue weighted by atomic mass is 16.4. The van der Waals surface area contributed by atoms with E-state index >= 15 is 0 Å². The molecule has 4 nitrogen and oxygen atoms in total. The molecule has 0 aliphatic heterocycles. The number of aliphatic carboxylic acids is 1. The molecule has 0 aliphatic rings. The molecule has 4 N–H and O–H groups in total. The van der Waals surface area contributed by atoms with Crippen molar-refractivity contribution in [3.63, 3.8) is 0 Å². The number of rotatable bonds is 19. The van der Waals surface area contributed by atoms with E-state index in [1.54, 1.807) is 0 Å². The van der Waals surface area contributed by atoms with E-state index < -0.39 is 5.97 Å². The molecule has 0 saturated carbocycles. The lowest BCUT2D eigenvalue weighted by molar-refractivity contribution is -0.134. The van der Waals surface area contributed by atoms with Gasteiger partial charge in [0.15, 0.2) is 0 Å². The zero-order valence-electron chi connectivity index (χ0n) is 18.7. The second-order valence-electron chi connectivity index (χ2n) is 7.79. The maximum atomic E-state index is 9.00. The first kappa shape index (κ1) is 28.6. The van der Waals surface area contributed by atoms with Crippen molar-refractivity contribution in [3.8, 4) is 0 Å². The van der Waals surface area contributed by atoms with Gasteiger partial charge in [0.05, 0.1) is 6.17 Å². The first-order chi connectivity index (χ1) is 13.0. The number of unbranched alkanes of at least 4 members (excludes halogenated alkanes) is 15. The van der Waals surface area contributed by atoms with Crippen LogP contribution in [0.3, 0.4) is 0 Å². The molecule has 0 aromatic heterocycles. The highest BCUT2D eigenvalue weighted by Gasteiger charge is 1.97. The standard InChI is InChI=1S/C21H46N2.C2H4O2/c1-3-5-6-7-8-9-10-11-12-13-14-15-16-17-18-19-20-23-21(22)4-2;1-2(3)4/h21,23H,3-20,22H2,1-2H3;1H3,(H,3,4). The van der Waals surface area contributed by atoms with Crippen LogP contribution in [-0.2, 0) is 4.79 Å². The van der Waals surface area contributed by atoms with Crippen molar-refractivity contribution in [2.75, 3.05) is 6.54 Å². The summed E-state index contributed by atoms with van der Waals surface area (Å²) in [7, 11) is 0. The number of carboxylic acid groups (broad SMARTS) is 1. The molecule has 0 spiro atoms. The molecule has 0 bridgehead atoms. The van der Waals surface area contributed by atoms with E-state index in [-0.39, 0.29) is 6.17 Å². The summed E-state index contributed by atoms with van der Waals surface area (Å²) in [6.45, 7) is 6.60. The van der Waals surface area contributed by atoms with Crippen molar-refractivity contribution in [1.29, 1.82) is 0 Å². The van der Waals surface area contributed by atoms with Gasteiger partial charge in [0.1, 0.15) is 0 Å². The van der Waals surface area contributed by atoms with E-state index in [0.29, 0.717) is 0 Å². The van der Waals surface area contributed by atoms with Crippen molar-refractivity contribution in [2.24, 2.45) is 5.73 Å². The van der Waals surface area contributed by atoms with Crippen LogP contribution in [0, 0.1) is 0 Å². The summed E-state index contributed by atoms with van der Waals surface area (Å²) < 4.78 is 0. The minimum atomic E-state index is -0.833. The maximum absolute atomic E-state index is 9.00. The summed E-state index contributed by atoms with van der Waals surface area (Å²) in [5.74, 6) is -0.833. The predicted molar refractivity (Wildman–Crippen MR) is 119 cm³/mol. The zero-order valence-corrected chi connectivity index (χ0v) is 18.7. The number of nitrogens with one attached hydrogen (secondary N) is 1. The molecule has 0 fully saturated rings. The molecule has 0 rings (SSSR count). The molecule has 0 radical (unpaired) electrons. The normalized spacial score (nSPS) is 11.7. The molecular formula is C23H50N2O2. The lowest BCUT2D eigenvalue weighted by Gasteiger charge is -2.10. The summed E-state index contributed by atoms with van der Waals surface area (Å²) in [4.78, 5) is 9.00. The Labute approximate surface area is 170 Å². The first-order valence-corrected chi connectivity index (χ1v) is 11.7. The van der Waals surface area contributed by atoms with Crippen LogP contribution >= 0.6 is 0 Å². The van der Waals surface area contributed by atoms with Crippen LogP contribution in [0.5, 0.6) is 0 Å². The Bertz CT molecular complexity index is 282. The average Bonchev–Trinajstić information content (AvgIpc) is 2.63. The van der Waals surface area contributed by atoms with Crippen LogP contribution in [0.15, 0.2) is 0 Å². The number of carboxylic acids is 1. The highest BCUT2D eigenvalue weighted by Crippen LogP contribution is 2.13. The summed E-state index contributed by atoms with van der Waals surface area (Å²) in [6.07, 6.45) is 24.1. The van der Waals surface area contributed by atoms with Crippen molar-refractivity contribution in [2.45, 2.75) is 136 Å². The molecule has 0 heterocycles. The van der Waals surface area contributed by atoms with Crippen molar-refractivity contribution >= 4 is 5.97 Å². The molecule has 4 heteroatoms. The summed E-state index contributed by atoms with van der Waals surface area (Å²) in [5.41, 5.74) is 5.83. The fourth-order valence-electron chi connectivity index (χ4n) is 3.10. The van der Waals surface area contributed by atoms with Crippen molar-refractivity contribution < 1.29 is 9.90 Å². The highest BCUT2D eigenvalue weighted by molar-refractivity contribution is 5.62. The Hall–Kier alpha value is -0.610. The minimum Gasteiger partial charge on any atom is -0.481 e. The van der Waals surface area contributed by atoms with Gasteiger partial charge in [0.2, 0.25) is 0 Å². The number of hydrogen-bond acceptors (Lipinski definition) is 3. The quantitative estimate of drug-likeness (QED) is 0.172. The molecule has 0 amide bonds. The lowest BCUT2D eigenvalue weighted by atomic mass is 10.0. The van der Waals surface area contributed by atoms with Gasteiger partial charge < -0.3 is 16.2 Å². The van der Waals surface area contributed by atoms with E-state index in [9.17, 15) is 0 Å². The third-order valence-electron chi connectivity index (χ3n) is 4.88. The van der Waals surface area contributed by atoms with Gasteiger partial charge in [0.25, 0.3) is 5.97 Å². The van der Waals surface area contributed by atoms with Gasteiger partial charge in [-0.2, -0.15) is 0 Å². The van der Waals surface area contributed by atoms with E-state index in [0.717, 1.165) is 19.9 Å². The fourth-order valence-corrected chi connectivity index (χ4v) is 3.10. The van der Waals surface area contributed by atoms with Crippen LogP contribution in [0.4, 0.5) is 0 Å². The van der Waals surface area contributed by atoms with Gasteiger partial charge in [-0.25, -0.2) is 0 Å². The van der Waals surface area contributed by atoms with Gasteiger partial charge in [-0.3, -0.25) is 4.79 Å². The Balaban J connectivity index is 0. The third kappa shape index (κ3) is 33.4. The zero-order chi connectivity index (χ0) is 20.6. The fraction of sp³-hybridized carbons (Fsp3) is 0.957. The monoisotopic (exact) mass is 386 g/mol. The molecule has 164 valence electrons. The van der Waals surface area contributed by atoms with Gasteiger partial charge >= 0.3 is 0 Å². The van der Waals surface area contributed by atoms with E-state index in [4.69, 9.17) is 15.6 Å². The van der Waals surface area contributed by atoms with Gasteiger partial charge in [-0.05, 0) is 19.4 Å². The average molecular weight is 387 g/mol. The number of hydrogen-bond donors (Lipinski definition) is 3. The van der Waals surface area contributed by atoms with E-state index in [1.165, 1.54) is 103 Å². The predicted octanol–water partition coefficient (Wildman–Crippen LogP) is 6.62. The SMILES string of the molecule is CC(=O)O.CCCCCCCCCCCCCCCCCCNC(N)CC. The third-order valence-corrected chi connectivity index (χ3v) is 4.88. The summed E-state index contributed by atoms with van der Waals surface area (Å²) in [5, 5.41) is 10.8. The van der Waals surface area contributed by atoms with Crippen LogP contribution < -0.4 is 11.1 Å². The van der Waals surface area contributed by atoms with Crippen LogP contribution in [0.1, 0.15) is 130 Å². The van der Waals surface area contributed by atoms with Gasteiger partial charge in [0, 0.05) is 6.92 Å². The molecule has 27 heavy (non-hydrogen) atoms. The molecule has 0 saturated heterocycles. The Morgan fingerprint density at radius 1 is 0.741 bits per heavy atom. The van der Waals surface area contributed by atoms with E-state index in [2.05, 4.69) is 19.2 Å². The van der Waals surface area contributed by atoms with Crippen LogP contribution in [0.2, 0.25) is 0 Å². The minimum absolute atomic E-state index is 0.200. The second kappa shape index (κ2) is 25.4. The summed E-state index contributed by atoms with van der Waals surface area (Å²) >= 11 is 0. The van der Waals surface area contributed by atoms with Crippen LogP contribution in [-0.4, -0.2) is 23.8 Å². The summed E-state index contributed by atoms with van der Waals surface area (Å²) in [6, 6.07) is 0. The maximum Gasteiger partial charge on any atom is 0.300 e. The van der Waals surface area contributed by atoms with Crippen molar-refractivity contribution in [1.82, 2.24) is 5.32 Å². The number of carbonyl (C=O) groups is 1. The second-order valence-corrected chi connectivity index (χ2v) is 7.79. The lowest BCUT2D eigenvalue weighted by Crippen LogP contribution is -2.37. The van der Waals surface area contributed by atoms with Crippen LogP contribution in [0.25, 0.3) is 0 Å². The largest absolute Gasteiger partial charge is 0.481 e. The first-order valence-electron chi connectivity index (χ1n) is 11.7. The van der Waals surface area contributed by atoms with E-state index in [1.807, 2.05) is 0 Å². The molecule has 0 aliphatic carbocycles. The topological polar surface area (TPSA) is 75.3 Å². The molecule has 0 aromatic rings. The molecule has 1 atom stereocenters.